The topological polar surface area (TPSA) is 84.3 Å². The van der Waals surface area contributed by atoms with Gasteiger partial charge < -0.3 is 15.2 Å². The molecule has 7 nitrogen and oxygen atoms in total. The molecule has 0 bridgehead atoms. The van der Waals surface area contributed by atoms with Gasteiger partial charge in [0.05, 0.1) is 5.56 Å². The van der Waals surface area contributed by atoms with Crippen LogP contribution in [-0.4, -0.2) is 52.7 Å². The van der Waals surface area contributed by atoms with Gasteiger partial charge in [-0.1, -0.05) is 6.92 Å². The maximum atomic E-state index is 5.57. The zero-order valence-electron chi connectivity index (χ0n) is 12.2. The Bertz CT molecular complexity index is 573. The van der Waals surface area contributed by atoms with Gasteiger partial charge in [-0.15, -0.1) is 0 Å². The lowest BCUT2D eigenvalue weighted by Gasteiger charge is -2.33. The molecule has 0 amide bonds. The summed E-state index contributed by atoms with van der Waals surface area (Å²) in [6.07, 6.45) is 2.84. The lowest BCUT2D eigenvalue weighted by Crippen LogP contribution is -2.46. The Morgan fingerprint density at radius 2 is 2.05 bits per heavy atom. The van der Waals surface area contributed by atoms with Crippen molar-refractivity contribution in [2.75, 3.05) is 43.4 Å². The van der Waals surface area contributed by atoms with E-state index in [1.165, 1.54) is 6.42 Å². The highest BCUT2D eigenvalue weighted by Crippen LogP contribution is 2.20. The first kappa shape index (κ1) is 13.8. The zero-order valence-corrected chi connectivity index (χ0v) is 12.2. The fourth-order valence-corrected chi connectivity index (χ4v) is 2.48. The second-order valence-corrected chi connectivity index (χ2v) is 5.20. The molecular weight excluding hydrogens is 268 g/mol. The number of nitrogen functional groups attached to an aromatic ring is 1. The molecule has 1 aliphatic heterocycles. The molecule has 2 aromatic heterocycles. The molecule has 0 unspecified atom stereocenters. The number of hydrogen-bond donors (Lipinski definition) is 1. The summed E-state index contributed by atoms with van der Waals surface area (Å²) in [6.45, 7) is 7.31. The van der Waals surface area contributed by atoms with Crippen LogP contribution in [0.3, 0.4) is 0 Å². The van der Waals surface area contributed by atoms with Gasteiger partial charge in [0.2, 0.25) is 0 Å². The minimum atomic E-state index is 0.477. The van der Waals surface area contributed by atoms with Crippen molar-refractivity contribution in [1.29, 1.82) is 0 Å². The van der Waals surface area contributed by atoms with Crippen molar-refractivity contribution in [3.05, 3.63) is 18.3 Å². The van der Waals surface area contributed by atoms with Crippen LogP contribution in [-0.2, 0) is 0 Å². The summed E-state index contributed by atoms with van der Waals surface area (Å²) >= 11 is 0. The van der Waals surface area contributed by atoms with Gasteiger partial charge in [0.25, 0.3) is 11.8 Å². The fourth-order valence-electron chi connectivity index (χ4n) is 2.48. The molecule has 0 radical (unpaired) electrons. The standard InChI is InChI=1S/C14H20N6O/c1-2-5-19-6-8-20(9-7-19)14-17-13(21-18-14)11-3-4-12(15)16-10-11/h3-4,10H,2,5-9H2,1H3,(H2,15,16). The van der Waals surface area contributed by atoms with Gasteiger partial charge in [-0.2, -0.15) is 4.98 Å². The van der Waals surface area contributed by atoms with Crippen molar-refractivity contribution < 1.29 is 4.52 Å². The number of rotatable bonds is 4. The number of nitrogens with two attached hydrogens (primary N) is 1. The second-order valence-electron chi connectivity index (χ2n) is 5.20. The van der Waals surface area contributed by atoms with Crippen LogP contribution < -0.4 is 10.6 Å². The summed E-state index contributed by atoms with van der Waals surface area (Å²) in [4.78, 5) is 13.1. The summed E-state index contributed by atoms with van der Waals surface area (Å²) in [7, 11) is 0. The third-order valence-corrected chi connectivity index (χ3v) is 3.64. The third kappa shape index (κ3) is 3.13. The van der Waals surface area contributed by atoms with E-state index >= 15 is 0 Å². The minimum absolute atomic E-state index is 0.477. The monoisotopic (exact) mass is 288 g/mol. The van der Waals surface area contributed by atoms with Gasteiger partial charge in [0, 0.05) is 32.4 Å². The molecule has 1 fully saturated rings. The Balaban J connectivity index is 1.67. The maximum absolute atomic E-state index is 5.57. The van der Waals surface area contributed by atoms with Gasteiger partial charge >= 0.3 is 0 Å². The molecule has 2 aromatic rings. The van der Waals surface area contributed by atoms with Crippen LogP contribution in [0.15, 0.2) is 22.9 Å². The summed E-state index contributed by atoms with van der Waals surface area (Å²) < 4.78 is 5.32. The van der Waals surface area contributed by atoms with E-state index in [4.69, 9.17) is 10.3 Å². The van der Waals surface area contributed by atoms with E-state index in [0.717, 1.165) is 38.3 Å². The summed E-state index contributed by atoms with van der Waals surface area (Å²) in [6, 6.07) is 3.56. The average molecular weight is 288 g/mol. The van der Waals surface area contributed by atoms with Gasteiger partial charge in [-0.25, -0.2) is 4.98 Å². The lowest BCUT2D eigenvalue weighted by molar-refractivity contribution is 0.256. The van der Waals surface area contributed by atoms with E-state index < -0.39 is 0 Å². The predicted molar refractivity (Wildman–Crippen MR) is 80.9 cm³/mol. The minimum Gasteiger partial charge on any atom is -0.384 e. The molecule has 3 rings (SSSR count). The molecule has 1 saturated heterocycles. The Kier molecular flexibility index (Phi) is 4.01. The molecule has 0 aromatic carbocycles. The van der Waals surface area contributed by atoms with Crippen LogP contribution in [0.25, 0.3) is 11.5 Å². The molecule has 0 saturated carbocycles. The van der Waals surface area contributed by atoms with E-state index in [1.807, 2.05) is 6.07 Å². The van der Waals surface area contributed by atoms with E-state index in [9.17, 15) is 0 Å². The largest absolute Gasteiger partial charge is 0.384 e. The Hall–Kier alpha value is -2.15. The normalized spacial score (nSPS) is 16.3. The maximum Gasteiger partial charge on any atom is 0.266 e. The molecule has 0 atom stereocenters. The van der Waals surface area contributed by atoms with Crippen molar-refractivity contribution in [3.63, 3.8) is 0 Å². The SMILES string of the molecule is CCCN1CCN(c2noc(-c3ccc(N)nc3)n2)CC1. The van der Waals surface area contributed by atoms with Gasteiger partial charge in [-0.3, -0.25) is 4.90 Å². The van der Waals surface area contributed by atoms with Crippen LogP contribution in [0.4, 0.5) is 11.8 Å². The van der Waals surface area contributed by atoms with Crippen LogP contribution in [0.2, 0.25) is 0 Å². The van der Waals surface area contributed by atoms with Crippen molar-refractivity contribution in [2.24, 2.45) is 0 Å². The van der Waals surface area contributed by atoms with Crippen molar-refractivity contribution >= 4 is 11.8 Å². The molecule has 7 heteroatoms. The Morgan fingerprint density at radius 1 is 1.24 bits per heavy atom. The second kappa shape index (κ2) is 6.09. The molecule has 1 aliphatic rings. The number of pyridine rings is 1. The predicted octanol–water partition coefficient (Wildman–Crippen LogP) is 1.25. The highest BCUT2D eigenvalue weighted by atomic mass is 16.5. The zero-order chi connectivity index (χ0) is 14.7. The molecule has 3 heterocycles. The molecule has 2 N–H and O–H groups in total. The number of piperazine rings is 1. The van der Waals surface area contributed by atoms with Crippen LogP contribution in [0.1, 0.15) is 13.3 Å². The highest BCUT2D eigenvalue weighted by Gasteiger charge is 2.20. The third-order valence-electron chi connectivity index (χ3n) is 3.64. The Labute approximate surface area is 123 Å². The highest BCUT2D eigenvalue weighted by molar-refractivity contribution is 5.54. The van der Waals surface area contributed by atoms with E-state index in [2.05, 4.69) is 31.8 Å². The first-order valence-electron chi connectivity index (χ1n) is 7.29. The van der Waals surface area contributed by atoms with Crippen LogP contribution in [0.5, 0.6) is 0 Å². The van der Waals surface area contributed by atoms with Crippen molar-refractivity contribution in [3.8, 4) is 11.5 Å². The quantitative estimate of drug-likeness (QED) is 0.906. The first-order chi connectivity index (χ1) is 10.3. The lowest BCUT2D eigenvalue weighted by atomic mass is 10.3. The van der Waals surface area contributed by atoms with Crippen LogP contribution >= 0.6 is 0 Å². The molecule has 0 spiro atoms. The molecule has 112 valence electrons. The van der Waals surface area contributed by atoms with E-state index in [0.29, 0.717) is 17.7 Å². The van der Waals surface area contributed by atoms with E-state index in [-0.39, 0.29) is 0 Å². The van der Waals surface area contributed by atoms with Crippen molar-refractivity contribution in [1.82, 2.24) is 20.0 Å². The summed E-state index contributed by atoms with van der Waals surface area (Å²) in [5.41, 5.74) is 6.36. The number of aromatic nitrogens is 3. The molecule has 0 aliphatic carbocycles. The Morgan fingerprint density at radius 3 is 2.71 bits per heavy atom. The summed E-state index contributed by atoms with van der Waals surface area (Å²) in [5, 5.41) is 4.07. The number of anilines is 2. The number of hydrogen-bond acceptors (Lipinski definition) is 7. The average Bonchev–Trinajstić information content (AvgIpc) is 2.99. The van der Waals surface area contributed by atoms with Gasteiger partial charge in [0.1, 0.15) is 5.82 Å². The van der Waals surface area contributed by atoms with Gasteiger partial charge in [-0.05, 0) is 30.3 Å². The van der Waals surface area contributed by atoms with Crippen molar-refractivity contribution in [2.45, 2.75) is 13.3 Å². The molecule has 21 heavy (non-hydrogen) atoms. The molecular formula is C14H20N6O. The van der Waals surface area contributed by atoms with Crippen LogP contribution in [0, 0.1) is 0 Å². The fraction of sp³-hybridized carbons (Fsp3) is 0.500. The smallest absolute Gasteiger partial charge is 0.266 e. The first-order valence-corrected chi connectivity index (χ1v) is 7.29. The summed E-state index contributed by atoms with van der Waals surface area (Å²) in [5.74, 6) is 1.61. The van der Waals surface area contributed by atoms with E-state index in [1.54, 1.807) is 12.3 Å². The number of nitrogens with zero attached hydrogens (tertiary/aromatic N) is 5. The van der Waals surface area contributed by atoms with Gasteiger partial charge in [0.15, 0.2) is 0 Å².